The van der Waals surface area contributed by atoms with E-state index in [1.807, 2.05) is 36.1 Å². The minimum atomic E-state index is -0.793. The van der Waals surface area contributed by atoms with Crippen LogP contribution in [0.15, 0.2) is 24.3 Å². The maximum Gasteiger partial charge on any atom is 0.238 e. The van der Waals surface area contributed by atoms with Gasteiger partial charge in [0.2, 0.25) is 5.91 Å². The van der Waals surface area contributed by atoms with Crippen LogP contribution in [0.25, 0.3) is 0 Å². The summed E-state index contributed by atoms with van der Waals surface area (Å²) >= 11 is 2.21. The topological polar surface area (TPSA) is 52.6 Å². The van der Waals surface area contributed by atoms with Crippen molar-refractivity contribution in [3.05, 3.63) is 27.8 Å². The summed E-state index contributed by atoms with van der Waals surface area (Å²) in [5.74, 6) is -0.0619. The van der Waals surface area contributed by atoms with Crippen molar-refractivity contribution >= 4 is 34.2 Å². The van der Waals surface area contributed by atoms with Gasteiger partial charge in [-0.05, 0) is 61.2 Å². The van der Waals surface area contributed by atoms with Crippen molar-refractivity contribution in [3.8, 4) is 0 Å². The predicted octanol–water partition coefficient (Wildman–Crippen LogP) is 2.32. The van der Waals surface area contributed by atoms with E-state index < -0.39 is 5.60 Å². The molecule has 0 radical (unpaired) electrons. The third-order valence-electron chi connectivity index (χ3n) is 2.53. The van der Waals surface area contributed by atoms with E-state index in [4.69, 9.17) is 0 Å². The number of aliphatic hydroxyl groups is 1. The van der Waals surface area contributed by atoms with Crippen molar-refractivity contribution in [3.63, 3.8) is 0 Å². The smallest absolute Gasteiger partial charge is 0.238 e. The molecular weight excluding hydrogens is 355 g/mol. The summed E-state index contributed by atoms with van der Waals surface area (Å²) in [5.41, 5.74) is 0.00881. The molecule has 0 atom stereocenters. The molecule has 2 N–H and O–H groups in total. The van der Waals surface area contributed by atoms with E-state index in [2.05, 4.69) is 27.9 Å². The second-order valence-electron chi connectivity index (χ2n) is 5.17. The molecule has 0 aliphatic heterocycles. The average Bonchev–Trinajstić information content (AvgIpc) is 2.26. The van der Waals surface area contributed by atoms with Crippen LogP contribution in [0.5, 0.6) is 0 Å². The lowest BCUT2D eigenvalue weighted by atomic mass is 10.1. The summed E-state index contributed by atoms with van der Waals surface area (Å²) in [5, 5.41) is 12.7. The Bertz CT molecular complexity index is 430. The third-order valence-corrected chi connectivity index (χ3v) is 3.20. The molecule has 4 nitrogen and oxygen atoms in total. The molecular formula is C14H21IN2O2. The van der Waals surface area contributed by atoms with Crippen LogP contribution in [0.2, 0.25) is 0 Å². The van der Waals surface area contributed by atoms with Crippen LogP contribution in [-0.4, -0.2) is 41.1 Å². The highest BCUT2D eigenvalue weighted by molar-refractivity contribution is 14.1. The van der Waals surface area contributed by atoms with E-state index in [0.717, 1.165) is 15.8 Å². The number of nitrogens with zero attached hydrogens (tertiary/aromatic N) is 1. The molecule has 0 aromatic heterocycles. The van der Waals surface area contributed by atoms with E-state index in [-0.39, 0.29) is 12.5 Å². The standard InChI is InChI=1S/C14H21IN2O2/c1-4-17(10-14(2,3)19)9-13(18)16-12-7-5-6-11(15)8-12/h5-8,19H,4,9-10H2,1-3H3,(H,16,18). The molecule has 0 aliphatic rings. The molecule has 1 aromatic rings. The Morgan fingerprint density at radius 2 is 2.16 bits per heavy atom. The molecule has 19 heavy (non-hydrogen) atoms. The first-order chi connectivity index (χ1) is 8.80. The van der Waals surface area contributed by atoms with Crippen molar-refractivity contribution < 1.29 is 9.90 Å². The Morgan fingerprint density at radius 3 is 2.68 bits per heavy atom. The van der Waals surface area contributed by atoms with Gasteiger partial charge in [-0.1, -0.05) is 13.0 Å². The number of hydrogen-bond donors (Lipinski definition) is 2. The zero-order chi connectivity index (χ0) is 14.5. The molecule has 0 saturated heterocycles. The average molecular weight is 376 g/mol. The molecule has 106 valence electrons. The highest BCUT2D eigenvalue weighted by Crippen LogP contribution is 2.12. The molecule has 0 fully saturated rings. The zero-order valence-corrected chi connectivity index (χ0v) is 13.8. The molecule has 0 spiro atoms. The van der Waals surface area contributed by atoms with Crippen LogP contribution in [-0.2, 0) is 4.79 Å². The van der Waals surface area contributed by atoms with Crippen LogP contribution in [0.1, 0.15) is 20.8 Å². The largest absolute Gasteiger partial charge is 0.389 e. The van der Waals surface area contributed by atoms with Crippen LogP contribution in [0, 0.1) is 3.57 Å². The van der Waals surface area contributed by atoms with E-state index in [0.29, 0.717) is 6.54 Å². The molecule has 1 aromatic carbocycles. The van der Waals surface area contributed by atoms with Gasteiger partial charge in [0.1, 0.15) is 0 Å². The van der Waals surface area contributed by atoms with Gasteiger partial charge in [-0.3, -0.25) is 9.69 Å². The van der Waals surface area contributed by atoms with Crippen LogP contribution in [0.3, 0.4) is 0 Å². The number of nitrogens with one attached hydrogen (secondary N) is 1. The Labute approximate surface area is 128 Å². The first-order valence-corrected chi connectivity index (χ1v) is 7.38. The molecule has 0 unspecified atom stereocenters. The number of anilines is 1. The fourth-order valence-corrected chi connectivity index (χ4v) is 2.34. The summed E-state index contributed by atoms with van der Waals surface area (Å²) in [6, 6.07) is 7.67. The number of rotatable bonds is 6. The van der Waals surface area contributed by atoms with Gasteiger partial charge in [0.25, 0.3) is 0 Å². The van der Waals surface area contributed by atoms with Crippen molar-refractivity contribution in [1.82, 2.24) is 4.90 Å². The molecule has 5 heteroatoms. The number of benzene rings is 1. The third kappa shape index (κ3) is 6.89. The molecule has 0 bridgehead atoms. The molecule has 0 heterocycles. The Morgan fingerprint density at radius 1 is 1.47 bits per heavy atom. The highest BCUT2D eigenvalue weighted by atomic mass is 127. The lowest BCUT2D eigenvalue weighted by molar-refractivity contribution is -0.117. The van der Waals surface area contributed by atoms with Crippen LogP contribution >= 0.6 is 22.6 Å². The van der Waals surface area contributed by atoms with Crippen molar-refractivity contribution in [2.75, 3.05) is 25.0 Å². The first kappa shape index (κ1) is 16.4. The number of carbonyl (C=O) groups excluding carboxylic acids is 1. The zero-order valence-electron chi connectivity index (χ0n) is 11.6. The van der Waals surface area contributed by atoms with Crippen molar-refractivity contribution in [2.45, 2.75) is 26.4 Å². The number of carbonyl (C=O) groups is 1. The predicted molar refractivity (Wildman–Crippen MR) is 86.2 cm³/mol. The van der Waals surface area contributed by atoms with Gasteiger partial charge in [-0.2, -0.15) is 0 Å². The quantitative estimate of drug-likeness (QED) is 0.750. The number of hydrogen-bond acceptors (Lipinski definition) is 3. The number of halogens is 1. The highest BCUT2D eigenvalue weighted by Gasteiger charge is 2.19. The van der Waals surface area contributed by atoms with Gasteiger partial charge >= 0.3 is 0 Å². The lowest BCUT2D eigenvalue weighted by Crippen LogP contribution is -2.42. The minimum Gasteiger partial charge on any atom is -0.389 e. The fraction of sp³-hybridized carbons (Fsp3) is 0.500. The Balaban J connectivity index is 2.54. The van der Waals surface area contributed by atoms with Crippen LogP contribution < -0.4 is 5.32 Å². The monoisotopic (exact) mass is 376 g/mol. The number of amides is 1. The van der Waals surface area contributed by atoms with E-state index >= 15 is 0 Å². The second kappa shape index (κ2) is 7.21. The van der Waals surface area contributed by atoms with Gasteiger partial charge in [0.15, 0.2) is 0 Å². The molecule has 1 rings (SSSR count). The summed E-state index contributed by atoms with van der Waals surface area (Å²) in [6.45, 7) is 6.95. The first-order valence-electron chi connectivity index (χ1n) is 6.30. The molecule has 1 amide bonds. The van der Waals surface area contributed by atoms with Gasteiger partial charge in [0, 0.05) is 15.8 Å². The van der Waals surface area contributed by atoms with Crippen molar-refractivity contribution in [2.24, 2.45) is 0 Å². The SMILES string of the molecule is CCN(CC(=O)Nc1cccc(I)c1)CC(C)(C)O. The summed E-state index contributed by atoms with van der Waals surface area (Å²) in [7, 11) is 0. The normalized spacial score (nSPS) is 11.7. The van der Waals surface area contributed by atoms with Gasteiger partial charge < -0.3 is 10.4 Å². The Hall–Kier alpha value is -0.660. The van der Waals surface area contributed by atoms with Crippen molar-refractivity contribution in [1.29, 1.82) is 0 Å². The van der Waals surface area contributed by atoms with Gasteiger partial charge in [0.05, 0.1) is 12.1 Å². The lowest BCUT2D eigenvalue weighted by Gasteiger charge is -2.27. The van der Waals surface area contributed by atoms with E-state index in [1.165, 1.54) is 0 Å². The number of likely N-dealkylation sites (N-methyl/N-ethyl adjacent to an activating group) is 1. The van der Waals surface area contributed by atoms with Gasteiger partial charge in [-0.25, -0.2) is 0 Å². The Kier molecular flexibility index (Phi) is 6.22. The minimum absolute atomic E-state index is 0.0619. The summed E-state index contributed by atoms with van der Waals surface area (Å²) in [6.07, 6.45) is 0. The second-order valence-corrected chi connectivity index (χ2v) is 6.42. The summed E-state index contributed by atoms with van der Waals surface area (Å²) < 4.78 is 1.08. The van der Waals surface area contributed by atoms with E-state index in [1.54, 1.807) is 13.8 Å². The van der Waals surface area contributed by atoms with Crippen LogP contribution in [0.4, 0.5) is 5.69 Å². The maximum absolute atomic E-state index is 11.9. The van der Waals surface area contributed by atoms with Gasteiger partial charge in [-0.15, -0.1) is 0 Å². The molecule has 0 saturated carbocycles. The fourth-order valence-electron chi connectivity index (χ4n) is 1.80. The molecule has 0 aliphatic carbocycles. The van der Waals surface area contributed by atoms with E-state index in [9.17, 15) is 9.90 Å². The maximum atomic E-state index is 11.9. The summed E-state index contributed by atoms with van der Waals surface area (Å²) in [4.78, 5) is 13.9.